The Morgan fingerprint density at radius 3 is 2.77 bits per heavy atom. The number of nitrogens with two attached hydrogens (primary N) is 2. The topological polar surface area (TPSA) is 106 Å². The highest BCUT2D eigenvalue weighted by Crippen LogP contribution is 2.30. The van der Waals surface area contributed by atoms with Crippen LogP contribution in [-0.2, 0) is 0 Å². The van der Waals surface area contributed by atoms with Gasteiger partial charge in [0, 0.05) is 28.6 Å². The van der Waals surface area contributed by atoms with Crippen LogP contribution in [0.25, 0.3) is 10.8 Å². The van der Waals surface area contributed by atoms with Crippen LogP contribution in [0.4, 0.5) is 5.82 Å². The second-order valence-electron chi connectivity index (χ2n) is 5.01. The predicted molar refractivity (Wildman–Crippen MR) is 89.4 cm³/mol. The lowest BCUT2D eigenvalue weighted by molar-refractivity contribution is 0.0939. The summed E-state index contributed by atoms with van der Waals surface area (Å²) in [5.74, 6) is 0.0649. The predicted octanol–water partition coefficient (Wildman–Crippen LogP) is 2.32. The number of aromatic nitrogens is 1. The molecule has 0 bridgehead atoms. The zero-order chi connectivity index (χ0) is 16.3. The molecule has 1 amide bonds. The third-order valence-electron chi connectivity index (χ3n) is 3.31. The van der Waals surface area contributed by atoms with Crippen molar-refractivity contribution in [2.24, 2.45) is 16.5 Å². The zero-order valence-corrected chi connectivity index (χ0v) is 13.2. The standard InChI is InChI=1S/C15H18ClN5O/c1-3-8(2)20-14(22)9-4-5-10-11(6-9)13(21-15(17)18)19-7-12(10)16/h4-8H,3H2,1-2H3,(H,20,22)(H4,17,18,19,21). The van der Waals surface area contributed by atoms with Gasteiger partial charge in [-0.15, -0.1) is 0 Å². The van der Waals surface area contributed by atoms with E-state index in [9.17, 15) is 4.79 Å². The van der Waals surface area contributed by atoms with Crippen LogP contribution in [0.1, 0.15) is 30.6 Å². The average molecular weight is 320 g/mol. The molecule has 1 aromatic carbocycles. The van der Waals surface area contributed by atoms with Gasteiger partial charge in [-0.05, 0) is 25.5 Å². The Labute approximate surface area is 133 Å². The minimum Gasteiger partial charge on any atom is -0.370 e. The molecule has 1 aromatic heterocycles. The SMILES string of the molecule is CCC(C)NC(=O)c1ccc2c(Cl)cnc(N=C(N)N)c2c1. The van der Waals surface area contributed by atoms with Gasteiger partial charge >= 0.3 is 0 Å². The quantitative estimate of drug-likeness (QED) is 0.594. The van der Waals surface area contributed by atoms with E-state index in [0.29, 0.717) is 21.8 Å². The minimum atomic E-state index is -0.160. The van der Waals surface area contributed by atoms with Crippen molar-refractivity contribution >= 4 is 40.1 Å². The zero-order valence-electron chi connectivity index (χ0n) is 12.4. The minimum absolute atomic E-state index is 0.0952. The van der Waals surface area contributed by atoms with Crippen LogP contribution in [0.3, 0.4) is 0 Å². The molecule has 116 valence electrons. The summed E-state index contributed by atoms with van der Waals surface area (Å²) in [6.07, 6.45) is 2.33. The van der Waals surface area contributed by atoms with Crippen molar-refractivity contribution in [2.45, 2.75) is 26.3 Å². The number of fused-ring (bicyclic) bond motifs is 1. The summed E-state index contributed by atoms with van der Waals surface area (Å²) in [5, 5.41) is 4.73. The molecule has 1 heterocycles. The van der Waals surface area contributed by atoms with E-state index in [-0.39, 0.29) is 17.9 Å². The molecule has 2 aromatic rings. The fourth-order valence-corrected chi connectivity index (χ4v) is 2.17. The molecule has 2 rings (SSSR count). The number of amides is 1. The van der Waals surface area contributed by atoms with Crippen LogP contribution in [0.5, 0.6) is 0 Å². The highest BCUT2D eigenvalue weighted by atomic mass is 35.5. The summed E-state index contributed by atoms with van der Waals surface area (Å²) >= 11 is 6.13. The van der Waals surface area contributed by atoms with E-state index in [0.717, 1.165) is 11.8 Å². The number of aliphatic imine (C=N–C) groups is 1. The fourth-order valence-electron chi connectivity index (χ4n) is 1.96. The molecular weight excluding hydrogens is 302 g/mol. The smallest absolute Gasteiger partial charge is 0.251 e. The maximum atomic E-state index is 12.2. The molecule has 0 saturated heterocycles. The summed E-state index contributed by atoms with van der Waals surface area (Å²) in [6.45, 7) is 3.95. The molecule has 0 fully saturated rings. The molecule has 0 aliphatic heterocycles. The Balaban J connectivity index is 2.52. The van der Waals surface area contributed by atoms with Gasteiger partial charge in [-0.1, -0.05) is 24.6 Å². The van der Waals surface area contributed by atoms with Gasteiger partial charge in [0.15, 0.2) is 11.8 Å². The first-order valence-electron chi connectivity index (χ1n) is 6.91. The highest BCUT2D eigenvalue weighted by molar-refractivity contribution is 6.35. The Morgan fingerprint density at radius 1 is 1.41 bits per heavy atom. The van der Waals surface area contributed by atoms with E-state index in [1.807, 2.05) is 13.8 Å². The van der Waals surface area contributed by atoms with Crippen molar-refractivity contribution in [1.82, 2.24) is 10.3 Å². The number of hydrogen-bond donors (Lipinski definition) is 3. The van der Waals surface area contributed by atoms with E-state index in [4.69, 9.17) is 23.1 Å². The number of halogens is 1. The van der Waals surface area contributed by atoms with Gasteiger partial charge in [0.05, 0.1) is 5.02 Å². The summed E-state index contributed by atoms with van der Waals surface area (Å²) in [5.41, 5.74) is 11.3. The maximum absolute atomic E-state index is 12.2. The molecule has 7 heteroatoms. The van der Waals surface area contributed by atoms with Gasteiger partial charge in [-0.2, -0.15) is 4.99 Å². The van der Waals surface area contributed by atoms with E-state index in [2.05, 4.69) is 15.3 Å². The third-order valence-corrected chi connectivity index (χ3v) is 3.61. The van der Waals surface area contributed by atoms with Crippen molar-refractivity contribution in [1.29, 1.82) is 0 Å². The molecule has 1 unspecified atom stereocenters. The lowest BCUT2D eigenvalue weighted by Crippen LogP contribution is -2.31. The Bertz CT molecular complexity index is 740. The molecular formula is C15H18ClN5O. The molecule has 22 heavy (non-hydrogen) atoms. The van der Waals surface area contributed by atoms with Crippen molar-refractivity contribution in [2.75, 3.05) is 0 Å². The maximum Gasteiger partial charge on any atom is 0.251 e. The molecule has 0 aliphatic rings. The summed E-state index contributed by atoms with van der Waals surface area (Å²) in [4.78, 5) is 20.3. The average Bonchev–Trinajstić information content (AvgIpc) is 2.49. The highest BCUT2D eigenvalue weighted by Gasteiger charge is 2.12. The van der Waals surface area contributed by atoms with Gasteiger partial charge in [-0.3, -0.25) is 4.79 Å². The van der Waals surface area contributed by atoms with Gasteiger partial charge in [-0.25, -0.2) is 4.98 Å². The van der Waals surface area contributed by atoms with E-state index in [1.54, 1.807) is 18.2 Å². The number of hydrogen-bond acceptors (Lipinski definition) is 3. The monoisotopic (exact) mass is 319 g/mol. The van der Waals surface area contributed by atoms with Crippen LogP contribution in [-0.4, -0.2) is 22.9 Å². The summed E-state index contributed by atoms with van der Waals surface area (Å²) < 4.78 is 0. The molecule has 6 nitrogen and oxygen atoms in total. The van der Waals surface area contributed by atoms with Gasteiger partial charge in [0.2, 0.25) is 0 Å². The molecule has 0 aliphatic carbocycles. The first-order chi connectivity index (χ1) is 10.4. The fraction of sp³-hybridized carbons (Fsp3) is 0.267. The van der Waals surface area contributed by atoms with Gasteiger partial charge in [0.25, 0.3) is 5.91 Å². The summed E-state index contributed by atoms with van der Waals surface area (Å²) in [7, 11) is 0. The van der Waals surface area contributed by atoms with Gasteiger partial charge in [0.1, 0.15) is 0 Å². The molecule has 5 N–H and O–H groups in total. The molecule has 0 saturated carbocycles. The van der Waals surface area contributed by atoms with Crippen LogP contribution in [0, 0.1) is 0 Å². The number of nitrogens with zero attached hydrogens (tertiary/aromatic N) is 2. The number of rotatable bonds is 4. The Morgan fingerprint density at radius 2 is 2.14 bits per heavy atom. The summed E-state index contributed by atoms with van der Waals surface area (Å²) in [6, 6.07) is 5.26. The van der Waals surface area contributed by atoms with E-state index in [1.165, 1.54) is 6.20 Å². The number of carbonyl (C=O) groups is 1. The van der Waals surface area contributed by atoms with Crippen molar-refractivity contribution < 1.29 is 4.79 Å². The number of carbonyl (C=O) groups excluding carboxylic acids is 1. The van der Waals surface area contributed by atoms with Crippen molar-refractivity contribution in [3.05, 3.63) is 35.0 Å². The van der Waals surface area contributed by atoms with Crippen LogP contribution >= 0.6 is 11.6 Å². The van der Waals surface area contributed by atoms with Gasteiger partial charge < -0.3 is 16.8 Å². The first-order valence-corrected chi connectivity index (χ1v) is 7.29. The van der Waals surface area contributed by atoms with E-state index >= 15 is 0 Å². The van der Waals surface area contributed by atoms with E-state index < -0.39 is 0 Å². The second kappa shape index (κ2) is 6.62. The second-order valence-corrected chi connectivity index (χ2v) is 5.42. The molecule has 1 atom stereocenters. The van der Waals surface area contributed by atoms with Crippen LogP contribution in [0.15, 0.2) is 29.4 Å². The van der Waals surface area contributed by atoms with Crippen molar-refractivity contribution in [3.63, 3.8) is 0 Å². The lowest BCUT2D eigenvalue weighted by atomic mass is 10.1. The third kappa shape index (κ3) is 3.46. The number of guanidine groups is 1. The van der Waals surface area contributed by atoms with Crippen LogP contribution in [0.2, 0.25) is 5.02 Å². The number of benzene rings is 1. The Kier molecular flexibility index (Phi) is 4.82. The Hall–Kier alpha value is -2.34. The first kappa shape index (κ1) is 16.0. The number of nitrogens with one attached hydrogen (secondary N) is 1. The molecule has 0 spiro atoms. The largest absolute Gasteiger partial charge is 0.370 e. The lowest BCUT2D eigenvalue weighted by Gasteiger charge is -2.12. The normalized spacial score (nSPS) is 12.0. The van der Waals surface area contributed by atoms with Crippen LogP contribution < -0.4 is 16.8 Å². The number of pyridine rings is 1. The van der Waals surface area contributed by atoms with Crippen molar-refractivity contribution in [3.8, 4) is 0 Å². The molecule has 0 radical (unpaired) electrons.